The molecule has 0 spiro atoms. The number of fused-ring (bicyclic) bond motifs is 1. The summed E-state index contributed by atoms with van der Waals surface area (Å²) in [7, 11) is 0. The maximum atomic E-state index is 13.1. The van der Waals surface area contributed by atoms with E-state index in [2.05, 4.69) is 30.3 Å². The minimum absolute atomic E-state index is 0.0636. The van der Waals surface area contributed by atoms with Gasteiger partial charge in [-0.25, -0.2) is 0 Å². The number of carbonyl (C=O) groups is 2. The van der Waals surface area contributed by atoms with E-state index >= 15 is 0 Å². The second-order valence-electron chi connectivity index (χ2n) is 10.8. The Balaban J connectivity index is 1.41. The Hall–Kier alpha value is -2.58. The molecule has 2 atom stereocenters. The van der Waals surface area contributed by atoms with E-state index in [-0.39, 0.29) is 17.9 Å². The molecule has 3 aromatic rings. The molecular weight excluding hydrogens is 563 g/mol. The predicted octanol–water partition coefficient (Wildman–Crippen LogP) is 3.82. The van der Waals surface area contributed by atoms with Gasteiger partial charge in [0, 0.05) is 0 Å². The van der Waals surface area contributed by atoms with Crippen LogP contribution in [0.5, 0.6) is 0 Å². The van der Waals surface area contributed by atoms with E-state index in [0.717, 1.165) is 50.3 Å². The second kappa shape index (κ2) is 12.1. The number of carbonyl (C=O) groups excluding carboxylic acids is 2. The van der Waals surface area contributed by atoms with Gasteiger partial charge >= 0.3 is 215 Å². The van der Waals surface area contributed by atoms with Crippen LogP contribution in [-0.2, 0) is 14.7 Å². The van der Waals surface area contributed by atoms with Crippen molar-refractivity contribution in [1.29, 1.82) is 0 Å². The molecule has 9 nitrogen and oxygen atoms in total. The maximum absolute atomic E-state index is 13.1. The molecule has 0 aliphatic carbocycles. The monoisotopic (exact) mass is 600 g/mol. The molecule has 3 heterocycles. The molecule has 204 valence electrons. The fourth-order valence-corrected chi connectivity index (χ4v) is 7.15. The van der Waals surface area contributed by atoms with E-state index in [1.54, 1.807) is 16.7 Å². The number of thioether (sulfide) groups is 1. The van der Waals surface area contributed by atoms with Gasteiger partial charge < -0.3 is 0 Å². The first-order valence-corrected chi connectivity index (χ1v) is 16.7. The molecule has 0 radical (unpaired) electrons. The van der Waals surface area contributed by atoms with E-state index in [1.165, 1.54) is 0 Å². The fourth-order valence-electron chi connectivity index (χ4n) is 4.36. The summed E-state index contributed by atoms with van der Waals surface area (Å²) in [6.45, 7) is 10.8. The van der Waals surface area contributed by atoms with Crippen molar-refractivity contribution < 1.29 is 14.3 Å². The van der Waals surface area contributed by atoms with Gasteiger partial charge in [0.2, 0.25) is 0 Å². The van der Waals surface area contributed by atoms with Crippen LogP contribution < -0.4 is 9.93 Å². The zero-order chi connectivity index (χ0) is 27.4. The molecule has 38 heavy (non-hydrogen) atoms. The number of ether oxygens (including phenoxy) is 1. The van der Waals surface area contributed by atoms with Crippen LogP contribution in [0.15, 0.2) is 35.6 Å². The molecular formula is C27H37AsN6O3S. The van der Waals surface area contributed by atoms with Gasteiger partial charge in [-0.05, 0) is 20.8 Å². The van der Waals surface area contributed by atoms with Crippen LogP contribution >= 0.6 is 11.8 Å². The summed E-state index contributed by atoms with van der Waals surface area (Å²) in [5.74, 6) is 0.0135. The van der Waals surface area contributed by atoms with Crippen LogP contribution in [0.4, 0.5) is 10.5 Å². The van der Waals surface area contributed by atoms with Crippen molar-refractivity contribution in [3.05, 3.63) is 41.6 Å². The van der Waals surface area contributed by atoms with Crippen molar-refractivity contribution >= 4 is 55.5 Å². The van der Waals surface area contributed by atoms with Crippen molar-refractivity contribution in [2.75, 3.05) is 24.7 Å². The topological polar surface area (TPSA) is 102 Å². The number of aromatic nitrogens is 4. The minimum atomic E-state index is -0.652. The zero-order valence-corrected chi connectivity index (χ0v) is 25.9. The number of hydrogen-bond acceptors (Lipinski definition) is 7. The summed E-state index contributed by atoms with van der Waals surface area (Å²) in [6, 6.07) is 8.00. The van der Waals surface area contributed by atoms with E-state index in [4.69, 9.17) is 14.7 Å². The first-order chi connectivity index (χ1) is 18.0. The van der Waals surface area contributed by atoms with Crippen molar-refractivity contribution in [3.63, 3.8) is 0 Å². The van der Waals surface area contributed by atoms with Crippen LogP contribution in [0.25, 0.3) is 5.65 Å². The van der Waals surface area contributed by atoms with Gasteiger partial charge in [0.1, 0.15) is 0 Å². The standard InChI is InChI=1S/C27H37AsN6O3S/c1-17(2)21-15-29-34-22(21)31-25(38-6)32-24(34)28-14-18-9-7-11-20(13-18)30-23(35)19-10-8-12-33(16-19)26(36)37-27(3,4)5/h7,9,11,13,15,17,19,28H,8,10,12,14,16H2,1-6H3,(H,30,35). The summed E-state index contributed by atoms with van der Waals surface area (Å²) in [5, 5.41) is 9.31. The fraction of sp³-hybridized carbons (Fsp3) is 0.519. The second-order valence-corrected chi connectivity index (χ2v) is 14.0. The quantitative estimate of drug-likeness (QED) is 0.325. The number of anilines is 1. The normalized spacial score (nSPS) is 16.5. The molecule has 1 fully saturated rings. The van der Waals surface area contributed by atoms with Crippen LogP contribution in [0.3, 0.4) is 0 Å². The molecule has 1 aliphatic rings. The number of rotatable bonds is 7. The van der Waals surface area contributed by atoms with Gasteiger partial charge in [-0.15, -0.1) is 0 Å². The summed E-state index contributed by atoms with van der Waals surface area (Å²) >= 11 is 0.895. The third kappa shape index (κ3) is 7.08. The van der Waals surface area contributed by atoms with Gasteiger partial charge in [-0.2, -0.15) is 0 Å². The van der Waals surface area contributed by atoms with Gasteiger partial charge in [0.15, 0.2) is 0 Å². The SMILES string of the molecule is CSc1nc([AsH]Cc2cccc(NC(=O)C3CCCN(C(=O)OC(C)(C)C)C3)c2)n2ncc(C(C)C)c2n1. The molecule has 1 saturated heterocycles. The number of hydrogen-bond donors (Lipinski definition) is 1. The number of nitrogens with zero attached hydrogens (tertiary/aromatic N) is 5. The molecule has 4 rings (SSSR count). The molecule has 1 N–H and O–H groups in total. The molecule has 11 heteroatoms. The zero-order valence-electron chi connectivity index (χ0n) is 22.9. The number of piperidine rings is 1. The Morgan fingerprint density at radius 1 is 1.26 bits per heavy atom. The van der Waals surface area contributed by atoms with E-state index in [0.29, 0.717) is 19.0 Å². The van der Waals surface area contributed by atoms with Crippen LogP contribution in [0.2, 0.25) is 0 Å². The van der Waals surface area contributed by atoms with E-state index in [1.807, 2.05) is 55.9 Å². The molecule has 0 saturated carbocycles. The Bertz CT molecular complexity index is 1310. The van der Waals surface area contributed by atoms with Crippen LogP contribution in [0, 0.1) is 5.92 Å². The average molecular weight is 601 g/mol. The van der Waals surface area contributed by atoms with Gasteiger partial charge in [0.25, 0.3) is 0 Å². The number of likely N-dealkylation sites (tertiary alicyclic amines) is 1. The summed E-state index contributed by atoms with van der Waals surface area (Å²) in [5.41, 5.74) is 3.39. The Morgan fingerprint density at radius 2 is 2.05 bits per heavy atom. The van der Waals surface area contributed by atoms with Gasteiger partial charge in [-0.1, -0.05) is 0 Å². The Kier molecular flexibility index (Phi) is 9.03. The number of amides is 2. The first kappa shape index (κ1) is 28.4. The van der Waals surface area contributed by atoms with E-state index < -0.39 is 21.4 Å². The molecule has 1 aromatic carbocycles. The average Bonchev–Trinajstić information content (AvgIpc) is 3.31. The molecule has 2 amide bonds. The molecule has 0 bridgehead atoms. The summed E-state index contributed by atoms with van der Waals surface area (Å²) in [6.07, 6.45) is 5.06. The Labute approximate surface area is 235 Å². The molecule has 1 aliphatic heterocycles. The summed E-state index contributed by atoms with van der Waals surface area (Å²) in [4.78, 5) is 36.7. The third-order valence-corrected chi connectivity index (χ3v) is 9.39. The van der Waals surface area contributed by atoms with Crippen molar-refractivity contribution in [2.45, 2.75) is 69.3 Å². The molecule has 2 aromatic heterocycles. The molecule has 2 unspecified atom stereocenters. The van der Waals surface area contributed by atoms with Crippen molar-refractivity contribution in [1.82, 2.24) is 24.5 Å². The van der Waals surface area contributed by atoms with Gasteiger partial charge in [0.05, 0.1) is 0 Å². The third-order valence-electron chi connectivity index (χ3n) is 6.27. The van der Waals surface area contributed by atoms with Crippen LogP contribution in [0.1, 0.15) is 64.5 Å². The van der Waals surface area contributed by atoms with Crippen molar-refractivity contribution in [2.24, 2.45) is 5.92 Å². The van der Waals surface area contributed by atoms with E-state index in [9.17, 15) is 9.59 Å². The Morgan fingerprint density at radius 3 is 2.76 bits per heavy atom. The van der Waals surface area contributed by atoms with Gasteiger partial charge in [-0.3, -0.25) is 0 Å². The number of nitrogens with one attached hydrogen (secondary N) is 1. The first-order valence-electron chi connectivity index (χ1n) is 13.0. The summed E-state index contributed by atoms with van der Waals surface area (Å²) < 4.78 is 8.39. The number of benzene rings is 1. The van der Waals surface area contributed by atoms with Crippen LogP contribution in [-0.4, -0.2) is 77.2 Å². The van der Waals surface area contributed by atoms with Crippen molar-refractivity contribution in [3.8, 4) is 0 Å². The predicted molar refractivity (Wildman–Crippen MR) is 153 cm³/mol.